The molecule has 2 heterocycles. The maximum Gasteiger partial charge on any atom is 0.387 e. The van der Waals surface area contributed by atoms with Crippen molar-refractivity contribution >= 4 is 17.2 Å². The van der Waals surface area contributed by atoms with Crippen LogP contribution in [0.4, 0.5) is 8.78 Å². The van der Waals surface area contributed by atoms with Gasteiger partial charge < -0.3 is 19.4 Å². The summed E-state index contributed by atoms with van der Waals surface area (Å²) >= 11 is 1.58. The SMILES string of the molecule is COc1cc(CCNC(=O)c2c(-n3cccc3)sc(C)c2C)ccc1OC(F)F. The highest BCUT2D eigenvalue weighted by atomic mass is 32.1. The molecule has 1 amide bonds. The molecular formula is C21H22F2N2O3S. The van der Waals surface area contributed by atoms with Gasteiger partial charge in [0.1, 0.15) is 5.00 Å². The molecule has 0 unspecified atom stereocenters. The number of carbonyl (C=O) groups excluding carboxylic acids is 1. The van der Waals surface area contributed by atoms with Gasteiger partial charge in [0.2, 0.25) is 0 Å². The van der Waals surface area contributed by atoms with Gasteiger partial charge in [-0.05, 0) is 55.7 Å². The fourth-order valence-corrected chi connectivity index (χ4v) is 4.12. The first kappa shape index (κ1) is 20.9. The number of aromatic nitrogens is 1. The lowest BCUT2D eigenvalue weighted by atomic mass is 10.1. The van der Waals surface area contributed by atoms with Crippen LogP contribution in [0.25, 0.3) is 5.00 Å². The Kier molecular flexibility index (Phi) is 6.53. The third-order valence-corrected chi connectivity index (χ3v) is 5.80. The molecule has 0 bridgehead atoms. The smallest absolute Gasteiger partial charge is 0.387 e. The second-order valence-electron chi connectivity index (χ2n) is 6.42. The summed E-state index contributed by atoms with van der Waals surface area (Å²) in [6.07, 6.45) is 4.35. The summed E-state index contributed by atoms with van der Waals surface area (Å²) < 4.78 is 36.3. The average Bonchev–Trinajstić information content (AvgIpc) is 3.31. The Labute approximate surface area is 171 Å². The maximum absolute atomic E-state index is 12.8. The van der Waals surface area contributed by atoms with Crippen LogP contribution in [0.5, 0.6) is 11.5 Å². The molecule has 8 heteroatoms. The van der Waals surface area contributed by atoms with E-state index in [2.05, 4.69) is 10.1 Å². The van der Waals surface area contributed by atoms with E-state index in [1.165, 1.54) is 13.2 Å². The number of benzene rings is 1. The predicted molar refractivity (Wildman–Crippen MR) is 109 cm³/mol. The Balaban J connectivity index is 1.68. The summed E-state index contributed by atoms with van der Waals surface area (Å²) in [5.74, 6) is 0.0736. The van der Waals surface area contributed by atoms with E-state index < -0.39 is 6.61 Å². The lowest BCUT2D eigenvalue weighted by Gasteiger charge is -2.12. The van der Waals surface area contributed by atoms with Crippen molar-refractivity contribution in [2.45, 2.75) is 26.9 Å². The number of halogens is 2. The number of hydrogen-bond acceptors (Lipinski definition) is 4. The molecule has 1 N–H and O–H groups in total. The van der Waals surface area contributed by atoms with Gasteiger partial charge in [-0.2, -0.15) is 8.78 Å². The summed E-state index contributed by atoms with van der Waals surface area (Å²) in [6.45, 7) is 1.43. The number of carbonyl (C=O) groups is 1. The van der Waals surface area contributed by atoms with Crippen LogP contribution in [0, 0.1) is 13.8 Å². The molecule has 0 saturated heterocycles. The molecule has 2 aromatic heterocycles. The van der Waals surface area contributed by atoms with Crippen molar-refractivity contribution in [3.63, 3.8) is 0 Å². The molecule has 0 saturated carbocycles. The van der Waals surface area contributed by atoms with Crippen molar-refractivity contribution in [1.82, 2.24) is 9.88 Å². The minimum absolute atomic E-state index is 0.0176. The molecule has 0 radical (unpaired) electrons. The molecule has 29 heavy (non-hydrogen) atoms. The standard InChI is InChI=1S/C21H22F2N2O3S/c1-13-14(2)29-20(25-10-4-5-11-25)18(13)19(26)24-9-8-15-6-7-16(28-21(22)23)17(12-15)27-3/h4-7,10-12,21H,8-9H2,1-3H3,(H,24,26). The fraction of sp³-hybridized carbons (Fsp3) is 0.286. The number of nitrogens with zero attached hydrogens (tertiary/aromatic N) is 1. The number of nitrogens with one attached hydrogen (secondary N) is 1. The number of methoxy groups -OCH3 is 1. The van der Waals surface area contributed by atoms with E-state index >= 15 is 0 Å². The zero-order valence-electron chi connectivity index (χ0n) is 16.4. The van der Waals surface area contributed by atoms with Crippen molar-refractivity contribution < 1.29 is 23.0 Å². The molecule has 0 fully saturated rings. The number of thiophene rings is 1. The Morgan fingerprint density at radius 3 is 2.59 bits per heavy atom. The molecule has 0 aliphatic rings. The third-order valence-electron chi connectivity index (χ3n) is 4.58. The largest absolute Gasteiger partial charge is 0.493 e. The van der Waals surface area contributed by atoms with Crippen molar-refractivity contribution in [3.8, 4) is 16.5 Å². The van der Waals surface area contributed by atoms with Crippen LogP contribution in [0.2, 0.25) is 0 Å². The van der Waals surface area contributed by atoms with E-state index in [0.717, 1.165) is 21.0 Å². The van der Waals surface area contributed by atoms with Gasteiger partial charge in [0.15, 0.2) is 11.5 Å². The third kappa shape index (κ3) is 4.76. The first-order valence-corrected chi connectivity index (χ1v) is 9.85. The summed E-state index contributed by atoms with van der Waals surface area (Å²) in [5.41, 5.74) is 2.47. The number of amides is 1. The van der Waals surface area contributed by atoms with Crippen LogP contribution in [0.1, 0.15) is 26.4 Å². The Morgan fingerprint density at radius 2 is 1.93 bits per heavy atom. The van der Waals surface area contributed by atoms with Crippen molar-refractivity contribution in [2.24, 2.45) is 0 Å². The number of ether oxygens (including phenoxy) is 2. The number of aryl methyl sites for hydroxylation is 1. The van der Waals surface area contributed by atoms with Crippen LogP contribution in [-0.2, 0) is 6.42 Å². The van der Waals surface area contributed by atoms with E-state index in [0.29, 0.717) is 18.5 Å². The molecule has 0 spiro atoms. The van der Waals surface area contributed by atoms with Gasteiger partial charge in [-0.15, -0.1) is 11.3 Å². The predicted octanol–water partition coefficient (Wildman–Crippen LogP) is 4.74. The zero-order chi connectivity index (χ0) is 21.0. The highest BCUT2D eigenvalue weighted by Gasteiger charge is 2.20. The van der Waals surface area contributed by atoms with Crippen LogP contribution in [0.15, 0.2) is 42.7 Å². The average molecular weight is 420 g/mol. The van der Waals surface area contributed by atoms with E-state index in [1.807, 2.05) is 42.9 Å². The van der Waals surface area contributed by atoms with Crippen LogP contribution in [0.3, 0.4) is 0 Å². The van der Waals surface area contributed by atoms with E-state index in [4.69, 9.17) is 4.74 Å². The Hall–Kier alpha value is -2.87. The lowest BCUT2D eigenvalue weighted by Crippen LogP contribution is -2.26. The van der Waals surface area contributed by atoms with E-state index in [1.54, 1.807) is 23.5 Å². The molecule has 154 valence electrons. The van der Waals surface area contributed by atoms with E-state index in [9.17, 15) is 13.6 Å². The number of rotatable bonds is 8. The molecule has 0 aliphatic heterocycles. The van der Waals surface area contributed by atoms with Crippen molar-refractivity contribution in [3.05, 3.63) is 64.3 Å². The molecule has 0 atom stereocenters. The molecule has 3 aromatic rings. The highest BCUT2D eigenvalue weighted by molar-refractivity contribution is 7.15. The van der Waals surface area contributed by atoms with Crippen LogP contribution >= 0.6 is 11.3 Å². The first-order chi connectivity index (χ1) is 13.9. The molecular weight excluding hydrogens is 398 g/mol. The Morgan fingerprint density at radius 1 is 1.21 bits per heavy atom. The van der Waals surface area contributed by atoms with Crippen molar-refractivity contribution in [2.75, 3.05) is 13.7 Å². The molecule has 5 nitrogen and oxygen atoms in total. The van der Waals surface area contributed by atoms with Crippen LogP contribution in [-0.4, -0.2) is 30.7 Å². The molecule has 0 aliphatic carbocycles. The minimum Gasteiger partial charge on any atom is -0.493 e. The van der Waals surface area contributed by atoms with Crippen LogP contribution < -0.4 is 14.8 Å². The first-order valence-electron chi connectivity index (χ1n) is 9.04. The topological polar surface area (TPSA) is 52.5 Å². The second-order valence-corrected chi connectivity index (χ2v) is 7.63. The summed E-state index contributed by atoms with van der Waals surface area (Å²) in [7, 11) is 1.39. The number of alkyl halides is 2. The van der Waals surface area contributed by atoms with Gasteiger partial charge >= 0.3 is 6.61 Å². The fourth-order valence-electron chi connectivity index (χ4n) is 3.00. The van der Waals surface area contributed by atoms with Gasteiger partial charge in [0, 0.05) is 23.8 Å². The van der Waals surface area contributed by atoms with Gasteiger partial charge in [-0.25, -0.2) is 0 Å². The molecule has 3 rings (SSSR count). The van der Waals surface area contributed by atoms with E-state index in [-0.39, 0.29) is 17.4 Å². The zero-order valence-corrected chi connectivity index (χ0v) is 17.2. The van der Waals surface area contributed by atoms with Gasteiger partial charge in [-0.3, -0.25) is 4.79 Å². The second kappa shape index (κ2) is 9.09. The van der Waals surface area contributed by atoms with Gasteiger partial charge in [0.25, 0.3) is 5.91 Å². The highest BCUT2D eigenvalue weighted by Crippen LogP contribution is 2.31. The summed E-state index contributed by atoms with van der Waals surface area (Å²) in [4.78, 5) is 13.9. The minimum atomic E-state index is -2.92. The van der Waals surface area contributed by atoms with Crippen molar-refractivity contribution in [1.29, 1.82) is 0 Å². The number of hydrogen-bond donors (Lipinski definition) is 1. The quantitative estimate of drug-likeness (QED) is 0.573. The summed E-state index contributed by atoms with van der Waals surface area (Å²) in [5, 5.41) is 3.84. The Bertz CT molecular complexity index is 984. The van der Waals surface area contributed by atoms with Gasteiger partial charge in [0.05, 0.1) is 12.7 Å². The monoisotopic (exact) mass is 420 g/mol. The summed E-state index contributed by atoms with van der Waals surface area (Å²) in [6, 6.07) is 8.59. The molecule has 1 aromatic carbocycles. The maximum atomic E-state index is 12.8. The lowest BCUT2D eigenvalue weighted by molar-refractivity contribution is -0.0512. The van der Waals surface area contributed by atoms with Gasteiger partial charge in [-0.1, -0.05) is 6.07 Å². The normalized spacial score (nSPS) is 11.0.